The van der Waals surface area contributed by atoms with Crippen molar-refractivity contribution in [1.29, 1.82) is 0 Å². The van der Waals surface area contributed by atoms with Crippen LogP contribution < -0.4 is 15.9 Å². The van der Waals surface area contributed by atoms with E-state index in [1.807, 2.05) is 0 Å². The summed E-state index contributed by atoms with van der Waals surface area (Å²) in [4.78, 5) is 36.1. The van der Waals surface area contributed by atoms with Crippen molar-refractivity contribution in [2.75, 3.05) is 0 Å². The number of aryl methyl sites for hydroxylation is 2. The molecule has 3 heterocycles. The van der Waals surface area contributed by atoms with Gasteiger partial charge in [-0.2, -0.15) is 0 Å². The molecule has 0 unspecified atom stereocenters. The molecule has 0 spiro atoms. The quantitative estimate of drug-likeness (QED) is 0.470. The van der Waals surface area contributed by atoms with Crippen LogP contribution in [0.15, 0.2) is 41.3 Å². The Hall–Kier alpha value is -3.78. The van der Waals surface area contributed by atoms with Crippen LogP contribution in [0, 0.1) is 26.6 Å². The molecule has 3 N–H and O–H groups in total. The number of carbonyl (C=O) groups excluding carboxylic acids is 1. The van der Waals surface area contributed by atoms with Crippen LogP contribution in [0.4, 0.5) is 4.39 Å². The molecule has 0 aliphatic carbocycles. The maximum absolute atomic E-state index is 13.5. The molecule has 1 amide bonds. The molecule has 0 atom stereocenters. The Balaban J connectivity index is 1.97. The molecular formula is C23H18ClFN4O3. The highest BCUT2D eigenvalue weighted by Gasteiger charge is 2.21. The average molecular weight is 453 g/mol. The van der Waals surface area contributed by atoms with Gasteiger partial charge in [0.25, 0.3) is 5.91 Å². The first-order chi connectivity index (χ1) is 15.2. The van der Waals surface area contributed by atoms with Crippen LogP contribution in [0.3, 0.4) is 0 Å². The maximum Gasteiger partial charge on any atom is 0.268 e. The van der Waals surface area contributed by atoms with Gasteiger partial charge in [-0.25, -0.2) is 9.37 Å². The monoisotopic (exact) mass is 452 g/mol. The number of aromatic nitrogens is 3. The van der Waals surface area contributed by atoms with E-state index in [2.05, 4.69) is 15.0 Å². The lowest BCUT2D eigenvalue weighted by Crippen LogP contribution is -2.17. The minimum absolute atomic E-state index is 0.0874. The third-order valence-corrected chi connectivity index (χ3v) is 5.65. The molecule has 1 aromatic carbocycles. The third-order valence-electron chi connectivity index (χ3n) is 5.09. The number of primary amides is 1. The third kappa shape index (κ3) is 3.69. The zero-order valence-electron chi connectivity index (χ0n) is 17.4. The predicted molar refractivity (Wildman–Crippen MR) is 120 cm³/mol. The SMILES string of the molecule is Cc1cc(F)ccc1Oc1nc(C)c(Cl)c(C)c1-c1cc(=O)c2c(C(N)=O)nccc2[nH]1. The molecule has 32 heavy (non-hydrogen) atoms. The van der Waals surface area contributed by atoms with E-state index in [0.717, 1.165) is 0 Å². The molecule has 4 rings (SSSR count). The highest BCUT2D eigenvalue weighted by molar-refractivity contribution is 6.32. The van der Waals surface area contributed by atoms with Gasteiger partial charge in [0.05, 0.1) is 32.9 Å². The molecule has 3 aromatic heterocycles. The van der Waals surface area contributed by atoms with Gasteiger partial charge in [-0.15, -0.1) is 0 Å². The molecular weight excluding hydrogens is 435 g/mol. The van der Waals surface area contributed by atoms with E-state index in [1.54, 1.807) is 26.8 Å². The zero-order chi connectivity index (χ0) is 23.2. The molecule has 9 heteroatoms. The van der Waals surface area contributed by atoms with Crippen LogP contribution in [0.25, 0.3) is 22.2 Å². The van der Waals surface area contributed by atoms with Gasteiger partial charge in [-0.3, -0.25) is 14.6 Å². The zero-order valence-corrected chi connectivity index (χ0v) is 18.2. The topological polar surface area (TPSA) is 111 Å². The van der Waals surface area contributed by atoms with E-state index in [0.29, 0.717) is 44.4 Å². The first-order valence-corrected chi connectivity index (χ1v) is 9.98. The van der Waals surface area contributed by atoms with Gasteiger partial charge >= 0.3 is 0 Å². The first kappa shape index (κ1) is 21.5. The van der Waals surface area contributed by atoms with Crippen LogP contribution >= 0.6 is 11.6 Å². The van der Waals surface area contributed by atoms with Crippen molar-refractivity contribution < 1.29 is 13.9 Å². The van der Waals surface area contributed by atoms with Gasteiger partial charge in [-0.1, -0.05) is 11.6 Å². The Bertz CT molecular complexity index is 1470. The lowest BCUT2D eigenvalue weighted by atomic mass is 10.0. The average Bonchev–Trinajstić information content (AvgIpc) is 2.73. The molecule has 162 valence electrons. The highest BCUT2D eigenvalue weighted by atomic mass is 35.5. The number of H-pyrrole nitrogens is 1. The Morgan fingerprint density at radius 3 is 2.62 bits per heavy atom. The summed E-state index contributed by atoms with van der Waals surface area (Å²) in [6.45, 7) is 5.22. The number of nitrogens with two attached hydrogens (primary N) is 1. The van der Waals surface area contributed by atoms with Crippen LogP contribution in [0.2, 0.25) is 5.02 Å². The lowest BCUT2D eigenvalue weighted by molar-refractivity contribution is 0.0997. The summed E-state index contributed by atoms with van der Waals surface area (Å²) in [5.41, 5.74) is 7.75. The van der Waals surface area contributed by atoms with E-state index in [-0.39, 0.29) is 22.8 Å². The number of amides is 1. The Labute approximate surface area is 187 Å². The summed E-state index contributed by atoms with van der Waals surface area (Å²) >= 11 is 6.45. The van der Waals surface area contributed by atoms with E-state index >= 15 is 0 Å². The molecule has 7 nitrogen and oxygen atoms in total. The fourth-order valence-corrected chi connectivity index (χ4v) is 3.68. The second-order valence-electron chi connectivity index (χ2n) is 7.32. The molecule has 0 saturated heterocycles. The Morgan fingerprint density at radius 1 is 1.19 bits per heavy atom. The largest absolute Gasteiger partial charge is 0.438 e. The van der Waals surface area contributed by atoms with Crippen molar-refractivity contribution in [2.24, 2.45) is 5.73 Å². The van der Waals surface area contributed by atoms with Crippen molar-refractivity contribution in [3.8, 4) is 22.9 Å². The summed E-state index contributed by atoms with van der Waals surface area (Å²) in [6.07, 6.45) is 1.38. The molecule has 0 fully saturated rings. The number of hydrogen-bond donors (Lipinski definition) is 2. The smallest absolute Gasteiger partial charge is 0.268 e. The minimum atomic E-state index is -0.805. The molecule has 0 radical (unpaired) electrons. The summed E-state index contributed by atoms with van der Waals surface area (Å²) in [5.74, 6) is -0.590. The molecule has 0 aliphatic rings. The standard InChI is InChI=1S/C23H18ClFN4O3/c1-10-8-13(25)4-5-17(10)32-23-18(11(2)20(24)12(3)28-23)15-9-16(30)19-14(29-15)6-7-27-21(19)22(26)31/h4-9H,1-3H3,(H2,26,31)(H,29,30). The fraction of sp³-hybridized carbons (Fsp3) is 0.130. The van der Waals surface area contributed by atoms with Crippen LogP contribution in [0.5, 0.6) is 11.6 Å². The summed E-state index contributed by atoms with van der Waals surface area (Å²) in [6, 6.07) is 7.02. The number of pyridine rings is 3. The number of rotatable bonds is 4. The molecule has 0 bridgehead atoms. The van der Waals surface area contributed by atoms with E-state index < -0.39 is 11.3 Å². The van der Waals surface area contributed by atoms with Crippen molar-refractivity contribution in [2.45, 2.75) is 20.8 Å². The van der Waals surface area contributed by atoms with Crippen LogP contribution in [-0.2, 0) is 0 Å². The highest BCUT2D eigenvalue weighted by Crippen LogP contribution is 2.38. The summed E-state index contributed by atoms with van der Waals surface area (Å²) in [7, 11) is 0. The first-order valence-electron chi connectivity index (χ1n) is 9.60. The van der Waals surface area contributed by atoms with Crippen LogP contribution in [0.1, 0.15) is 27.3 Å². The number of aromatic amines is 1. The number of hydrogen-bond acceptors (Lipinski definition) is 5. The number of fused-ring (bicyclic) bond motifs is 1. The van der Waals surface area contributed by atoms with Crippen LogP contribution in [-0.4, -0.2) is 20.9 Å². The summed E-state index contributed by atoms with van der Waals surface area (Å²) < 4.78 is 19.6. The Kier molecular flexibility index (Phi) is 5.40. The van der Waals surface area contributed by atoms with Gasteiger partial charge in [0, 0.05) is 12.3 Å². The number of nitrogens with zero attached hydrogens (tertiary/aromatic N) is 2. The predicted octanol–water partition coefficient (Wildman–Crippen LogP) is 4.59. The number of benzene rings is 1. The van der Waals surface area contributed by atoms with Crippen molar-refractivity contribution in [3.63, 3.8) is 0 Å². The second-order valence-corrected chi connectivity index (χ2v) is 7.70. The number of halogens is 2. The van der Waals surface area contributed by atoms with E-state index in [4.69, 9.17) is 22.1 Å². The van der Waals surface area contributed by atoms with Gasteiger partial charge in [0.15, 0.2) is 5.43 Å². The summed E-state index contributed by atoms with van der Waals surface area (Å²) in [5, 5.41) is 0.501. The van der Waals surface area contributed by atoms with E-state index in [9.17, 15) is 14.0 Å². The number of nitrogens with one attached hydrogen (secondary N) is 1. The lowest BCUT2D eigenvalue weighted by Gasteiger charge is -2.17. The van der Waals surface area contributed by atoms with Gasteiger partial charge in [-0.05, 0) is 56.2 Å². The van der Waals surface area contributed by atoms with E-state index in [1.165, 1.54) is 30.5 Å². The van der Waals surface area contributed by atoms with Crippen molar-refractivity contribution in [1.82, 2.24) is 15.0 Å². The maximum atomic E-state index is 13.5. The Morgan fingerprint density at radius 2 is 1.94 bits per heavy atom. The number of carbonyl (C=O) groups is 1. The second kappa shape index (κ2) is 8.05. The normalized spacial score (nSPS) is 11.0. The van der Waals surface area contributed by atoms with Gasteiger partial charge < -0.3 is 15.5 Å². The molecule has 4 aromatic rings. The van der Waals surface area contributed by atoms with Gasteiger partial charge in [0.1, 0.15) is 17.3 Å². The molecule has 0 saturated carbocycles. The van der Waals surface area contributed by atoms with Crippen molar-refractivity contribution >= 4 is 28.4 Å². The minimum Gasteiger partial charge on any atom is -0.438 e. The molecule has 0 aliphatic heterocycles. The fourth-order valence-electron chi connectivity index (χ4n) is 3.54. The number of ether oxygens (including phenoxy) is 1. The van der Waals surface area contributed by atoms with Crippen molar-refractivity contribution in [3.05, 3.63) is 80.1 Å². The van der Waals surface area contributed by atoms with Gasteiger partial charge in [0.2, 0.25) is 5.88 Å².